The maximum Gasteiger partial charge on any atom is 0.446 e. The number of hydrogen-bond donors (Lipinski definition) is 4. The Balaban J connectivity index is 2.38. The molecule has 0 radical (unpaired) electrons. The third-order valence-corrected chi connectivity index (χ3v) is 2.95. The van der Waals surface area contributed by atoms with E-state index in [0.29, 0.717) is 16.5 Å². The van der Waals surface area contributed by atoms with Crippen molar-refractivity contribution in [2.75, 3.05) is 11.9 Å². The topological polar surface area (TPSA) is 133 Å². The van der Waals surface area contributed by atoms with Gasteiger partial charge >= 0.3 is 16.4 Å². The number of carboxylic acid groups (broad SMARTS) is 1. The molecule has 9 heteroatoms. The number of carbonyl (C=O) groups is 1. The molecule has 0 bridgehead atoms. The zero-order valence-electron chi connectivity index (χ0n) is 10.5. The van der Waals surface area contributed by atoms with E-state index in [0.717, 1.165) is 6.07 Å². The summed E-state index contributed by atoms with van der Waals surface area (Å²) in [7, 11) is -4.68. The maximum atomic E-state index is 10.6. The molecule has 8 nitrogen and oxygen atoms in total. The molecule has 0 heterocycles. The largest absolute Gasteiger partial charge is 0.507 e. The molecule has 2 aromatic rings. The summed E-state index contributed by atoms with van der Waals surface area (Å²) >= 11 is 0. The monoisotopic (exact) mass is 313 g/mol. The lowest BCUT2D eigenvalue weighted by molar-refractivity contribution is -0.134. The first-order chi connectivity index (χ1) is 9.74. The van der Waals surface area contributed by atoms with Crippen molar-refractivity contribution in [3.63, 3.8) is 0 Å². The summed E-state index contributed by atoms with van der Waals surface area (Å²) in [6.45, 7) is -0.282. The molecule has 0 spiro atoms. The molecule has 0 aliphatic heterocycles. The zero-order chi connectivity index (χ0) is 15.6. The molecule has 0 aliphatic carbocycles. The Morgan fingerprint density at radius 3 is 2.57 bits per heavy atom. The smallest absolute Gasteiger partial charge is 0.446 e. The van der Waals surface area contributed by atoms with Gasteiger partial charge in [0.15, 0.2) is 0 Å². The second kappa shape index (κ2) is 5.46. The number of benzene rings is 2. The number of nitrogens with one attached hydrogen (secondary N) is 1. The quantitative estimate of drug-likeness (QED) is 0.606. The van der Waals surface area contributed by atoms with Crippen LogP contribution in [0.2, 0.25) is 0 Å². The van der Waals surface area contributed by atoms with E-state index in [4.69, 9.17) is 9.66 Å². The molecule has 0 aliphatic rings. The fourth-order valence-electron chi connectivity index (χ4n) is 1.77. The zero-order valence-corrected chi connectivity index (χ0v) is 11.3. The van der Waals surface area contributed by atoms with Gasteiger partial charge in [0.2, 0.25) is 0 Å². The first-order valence-corrected chi connectivity index (χ1v) is 7.00. The highest BCUT2D eigenvalue weighted by Gasteiger charge is 2.11. The number of fused-ring (bicyclic) bond motifs is 1. The molecule has 0 amide bonds. The standard InChI is InChI=1S/C12H11NO7S/c14-11-5-9(20-21(17,18)19)3-7-1-2-8(4-10(7)11)13-6-12(15)16/h1-5,13-14H,6H2,(H,15,16)(H,17,18,19). The van der Waals surface area contributed by atoms with Gasteiger partial charge in [-0.15, -0.1) is 0 Å². The van der Waals surface area contributed by atoms with Gasteiger partial charge in [0.05, 0.1) is 0 Å². The van der Waals surface area contributed by atoms with Crippen molar-refractivity contribution >= 4 is 32.8 Å². The molecule has 2 rings (SSSR count). The van der Waals surface area contributed by atoms with Gasteiger partial charge in [-0.2, -0.15) is 8.42 Å². The highest BCUT2D eigenvalue weighted by Crippen LogP contribution is 2.32. The Bertz CT molecular complexity index is 801. The van der Waals surface area contributed by atoms with Crippen LogP contribution in [0.5, 0.6) is 11.5 Å². The lowest BCUT2D eigenvalue weighted by Crippen LogP contribution is -2.12. The van der Waals surface area contributed by atoms with Gasteiger partial charge in [-0.1, -0.05) is 6.07 Å². The molecule has 0 fully saturated rings. The average molecular weight is 313 g/mol. The molecule has 0 saturated heterocycles. The van der Waals surface area contributed by atoms with E-state index in [1.54, 1.807) is 6.07 Å². The Labute approximate surface area is 119 Å². The van der Waals surface area contributed by atoms with E-state index in [-0.39, 0.29) is 18.0 Å². The summed E-state index contributed by atoms with van der Waals surface area (Å²) in [5.41, 5.74) is 0.476. The van der Waals surface area contributed by atoms with Gasteiger partial charge < -0.3 is 19.7 Å². The summed E-state index contributed by atoms with van der Waals surface area (Å²) < 4.78 is 34.2. The van der Waals surface area contributed by atoms with Crippen LogP contribution < -0.4 is 9.50 Å². The summed E-state index contributed by atoms with van der Waals surface area (Å²) in [6.07, 6.45) is 0. The van der Waals surface area contributed by atoms with Crippen molar-refractivity contribution in [3.8, 4) is 11.5 Å². The van der Waals surface area contributed by atoms with Crippen LogP contribution >= 0.6 is 0 Å². The number of rotatable bonds is 5. The lowest BCUT2D eigenvalue weighted by atomic mass is 10.1. The molecule has 4 N–H and O–H groups in total. The van der Waals surface area contributed by atoms with Crippen LogP contribution in [0.25, 0.3) is 10.8 Å². The maximum absolute atomic E-state index is 10.6. The Morgan fingerprint density at radius 2 is 1.95 bits per heavy atom. The second-order valence-corrected chi connectivity index (χ2v) is 5.16. The molecule has 112 valence electrons. The van der Waals surface area contributed by atoms with Crippen LogP contribution in [-0.2, 0) is 15.2 Å². The van der Waals surface area contributed by atoms with Gasteiger partial charge in [-0.05, 0) is 23.6 Å². The molecular weight excluding hydrogens is 302 g/mol. The van der Waals surface area contributed by atoms with E-state index in [1.807, 2.05) is 0 Å². The van der Waals surface area contributed by atoms with Gasteiger partial charge in [0.1, 0.15) is 18.0 Å². The number of anilines is 1. The Morgan fingerprint density at radius 1 is 1.24 bits per heavy atom. The number of carboxylic acids is 1. The molecular formula is C12H11NO7S. The molecule has 0 atom stereocenters. The Hall–Kier alpha value is -2.52. The van der Waals surface area contributed by atoms with Crippen molar-refractivity contribution < 1.29 is 32.2 Å². The predicted octanol–water partition coefficient (Wildman–Crippen LogP) is 1.22. The first kappa shape index (κ1) is 14.9. The first-order valence-electron chi connectivity index (χ1n) is 5.64. The average Bonchev–Trinajstić information content (AvgIpc) is 2.34. The predicted molar refractivity (Wildman–Crippen MR) is 73.9 cm³/mol. The third-order valence-electron chi connectivity index (χ3n) is 2.55. The molecule has 0 saturated carbocycles. The van der Waals surface area contributed by atoms with Crippen LogP contribution in [0.4, 0.5) is 5.69 Å². The highest BCUT2D eigenvalue weighted by atomic mass is 32.3. The van der Waals surface area contributed by atoms with Crippen LogP contribution in [0.15, 0.2) is 30.3 Å². The minimum absolute atomic E-state index is 0.242. The number of phenols is 1. The fourth-order valence-corrected chi connectivity index (χ4v) is 2.11. The summed E-state index contributed by atoms with van der Waals surface area (Å²) in [5, 5.41) is 21.9. The normalized spacial score (nSPS) is 11.3. The van der Waals surface area contributed by atoms with Crippen LogP contribution in [0.3, 0.4) is 0 Å². The van der Waals surface area contributed by atoms with Crippen molar-refractivity contribution in [3.05, 3.63) is 30.3 Å². The summed E-state index contributed by atoms with van der Waals surface area (Å²) in [4.78, 5) is 10.5. The minimum atomic E-state index is -4.68. The van der Waals surface area contributed by atoms with E-state index in [2.05, 4.69) is 9.50 Å². The van der Waals surface area contributed by atoms with Gasteiger partial charge in [-0.3, -0.25) is 9.35 Å². The third kappa shape index (κ3) is 3.97. The van der Waals surface area contributed by atoms with Crippen molar-refractivity contribution in [2.45, 2.75) is 0 Å². The van der Waals surface area contributed by atoms with E-state index in [9.17, 15) is 18.3 Å². The number of aromatic hydroxyl groups is 1. The van der Waals surface area contributed by atoms with Crippen molar-refractivity contribution in [2.24, 2.45) is 0 Å². The lowest BCUT2D eigenvalue weighted by Gasteiger charge is -2.08. The van der Waals surface area contributed by atoms with E-state index < -0.39 is 16.4 Å². The SMILES string of the molecule is O=C(O)CNc1ccc2cc(OS(=O)(=O)O)cc(O)c2c1. The minimum Gasteiger partial charge on any atom is -0.507 e. The van der Waals surface area contributed by atoms with Gasteiger partial charge in [0.25, 0.3) is 0 Å². The number of phenolic OH excluding ortho intramolecular Hbond substituents is 1. The van der Waals surface area contributed by atoms with Crippen molar-refractivity contribution in [1.82, 2.24) is 0 Å². The molecule has 21 heavy (non-hydrogen) atoms. The van der Waals surface area contributed by atoms with Crippen LogP contribution in [0.1, 0.15) is 0 Å². The molecule has 2 aromatic carbocycles. The van der Waals surface area contributed by atoms with Crippen LogP contribution in [-0.4, -0.2) is 35.7 Å². The van der Waals surface area contributed by atoms with Crippen LogP contribution in [0, 0.1) is 0 Å². The number of aliphatic carboxylic acids is 1. The van der Waals surface area contributed by atoms with E-state index in [1.165, 1.54) is 18.2 Å². The molecule has 0 unspecified atom stereocenters. The summed E-state index contributed by atoms with van der Waals surface area (Å²) in [5.74, 6) is -1.55. The van der Waals surface area contributed by atoms with Gasteiger partial charge in [0, 0.05) is 17.1 Å². The van der Waals surface area contributed by atoms with E-state index >= 15 is 0 Å². The summed E-state index contributed by atoms with van der Waals surface area (Å²) in [6, 6.07) is 6.93. The fraction of sp³-hybridized carbons (Fsp3) is 0.0833. The number of hydrogen-bond acceptors (Lipinski definition) is 6. The Kier molecular flexibility index (Phi) is 3.87. The molecule has 0 aromatic heterocycles. The second-order valence-electron chi connectivity index (χ2n) is 4.14. The van der Waals surface area contributed by atoms with Crippen molar-refractivity contribution in [1.29, 1.82) is 0 Å². The van der Waals surface area contributed by atoms with Gasteiger partial charge in [-0.25, -0.2) is 0 Å². The highest BCUT2D eigenvalue weighted by molar-refractivity contribution is 7.81.